The van der Waals surface area contributed by atoms with Crippen LogP contribution in [-0.2, 0) is 14.3 Å². The summed E-state index contributed by atoms with van der Waals surface area (Å²) in [5.41, 5.74) is 1.62. The van der Waals surface area contributed by atoms with Crippen molar-refractivity contribution in [1.29, 1.82) is 0 Å². The molecule has 8 heteroatoms. The van der Waals surface area contributed by atoms with E-state index in [9.17, 15) is 14.4 Å². The number of ether oxygens (including phenoxy) is 2. The number of hydrogen-bond donors (Lipinski definition) is 2. The lowest BCUT2D eigenvalue weighted by molar-refractivity contribution is -0.148. The Morgan fingerprint density at radius 2 is 1.85 bits per heavy atom. The summed E-state index contributed by atoms with van der Waals surface area (Å²) in [5.74, 6) is -2.93. The van der Waals surface area contributed by atoms with Crippen molar-refractivity contribution in [3.63, 3.8) is 0 Å². The number of fused-ring (bicyclic) bond motifs is 3. The SMILES string of the molecule is CCOC(=O)C1CNc2cc(Cl)c3[nH]cc(C(=O)OC(C)(C)C)c3c2C1C(=O)c1ccccc1. The van der Waals surface area contributed by atoms with Crippen LogP contribution in [0.25, 0.3) is 10.9 Å². The topological polar surface area (TPSA) is 97.5 Å². The molecule has 1 aliphatic rings. The van der Waals surface area contributed by atoms with E-state index in [0.717, 1.165) is 0 Å². The van der Waals surface area contributed by atoms with Gasteiger partial charge in [0, 0.05) is 29.4 Å². The number of H-pyrrole nitrogens is 1. The predicted octanol–water partition coefficient (Wildman–Crippen LogP) is 5.35. The number of benzene rings is 2. The lowest BCUT2D eigenvalue weighted by atomic mass is 9.75. The van der Waals surface area contributed by atoms with E-state index in [0.29, 0.717) is 32.7 Å². The third kappa shape index (κ3) is 4.40. The van der Waals surface area contributed by atoms with Crippen molar-refractivity contribution in [2.45, 2.75) is 39.2 Å². The number of carbonyl (C=O) groups is 3. The number of hydrogen-bond acceptors (Lipinski definition) is 6. The van der Waals surface area contributed by atoms with Crippen LogP contribution in [0, 0.1) is 5.92 Å². The Morgan fingerprint density at radius 3 is 2.50 bits per heavy atom. The maximum Gasteiger partial charge on any atom is 0.340 e. The maximum absolute atomic E-state index is 13.8. The molecule has 0 amide bonds. The summed E-state index contributed by atoms with van der Waals surface area (Å²) in [6.07, 6.45) is 1.53. The Hall–Kier alpha value is -3.32. The molecule has 1 aromatic heterocycles. The number of rotatable bonds is 5. The smallest absolute Gasteiger partial charge is 0.340 e. The minimum absolute atomic E-state index is 0.192. The summed E-state index contributed by atoms with van der Waals surface area (Å²) in [6, 6.07) is 10.5. The van der Waals surface area contributed by atoms with E-state index in [1.807, 2.05) is 6.07 Å². The molecule has 178 valence electrons. The molecule has 2 unspecified atom stereocenters. The summed E-state index contributed by atoms with van der Waals surface area (Å²) < 4.78 is 10.9. The van der Waals surface area contributed by atoms with Gasteiger partial charge in [-0.2, -0.15) is 0 Å². The normalized spacial score (nSPS) is 17.6. The molecule has 7 nitrogen and oxygen atoms in total. The number of aromatic amines is 1. The number of Topliss-reactive ketones (excluding diaryl/α,β-unsaturated/α-hetero) is 1. The van der Waals surface area contributed by atoms with E-state index in [1.54, 1.807) is 58.0 Å². The van der Waals surface area contributed by atoms with Crippen molar-refractivity contribution in [2.75, 3.05) is 18.5 Å². The van der Waals surface area contributed by atoms with Gasteiger partial charge in [0.1, 0.15) is 5.60 Å². The largest absolute Gasteiger partial charge is 0.466 e. The fourth-order valence-corrected chi connectivity index (χ4v) is 4.63. The van der Waals surface area contributed by atoms with Crippen LogP contribution in [0.1, 0.15) is 59.9 Å². The van der Waals surface area contributed by atoms with E-state index in [4.69, 9.17) is 21.1 Å². The third-order valence-electron chi connectivity index (χ3n) is 5.72. The molecule has 0 aliphatic carbocycles. The lowest BCUT2D eigenvalue weighted by Gasteiger charge is -2.33. The van der Waals surface area contributed by atoms with Crippen LogP contribution in [-0.4, -0.2) is 41.5 Å². The zero-order valence-electron chi connectivity index (χ0n) is 19.5. The highest BCUT2D eigenvalue weighted by atomic mass is 35.5. The van der Waals surface area contributed by atoms with Gasteiger partial charge in [0.25, 0.3) is 0 Å². The van der Waals surface area contributed by atoms with Crippen molar-refractivity contribution in [3.05, 3.63) is 64.3 Å². The minimum Gasteiger partial charge on any atom is -0.466 e. The molecule has 0 spiro atoms. The average Bonchev–Trinajstić information content (AvgIpc) is 3.24. The second-order valence-corrected chi connectivity index (χ2v) is 9.63. The molecular weight excluding hydrogens is 456 g/mol. The first-order valence-corrected chi connectivity index (χ1v) is 11.6. The van der Waals surface area contributed by atoms with Gasteiger partial charge in [0.05, 0.1) is 34.5 Å². The zero-order chi connectivity index (χ0) is 24.6. The first-order chi connectivity index (χ1) is 16.1. The molecule has 0 fully saturated rings. The Balaban J connectivity index is 1.97. The van der Waals surface area contributed by atoms with Crippen LogP contribution < -0.4 is 5.32 Å². The molecule has 2 aromatic carbocycles. The number of nitrogens with one attached hydrogen (secondary N) is 2. The van der Waals surface area contributed by atoms with Gasteiger partial charge in [-0.15, -0.1) is 0 Å². The summed E-state index contributed by atoms with van der Waals surface area (Å²) in [4.78, 5) is 43.0. The van der Waals surface area contributed by atoms with Crippen molar-refractivity contribution in [1.82, 2.24) is 4.98 Å². The van der Waals surface area contributed by atoms with Crippen LogP contribution in [0.4, 0.5) is 5.69 Å². The zero-order valence-corrected chi connectivity index (χ0v) is 20.3. The summed E-state index contributed by atoms with van der Waals surface area (Å²) in [6.45, 7) is 7.45. The van der Waals surface area contributed by atoms with Gasteiger partial charge in [-0.05, 0) is 39.3 Å². The Bertz CT molecular complexity index is 1260. The van der Waals surface area contributed by atoms with Gasteiger partial charge in [-0.1, -0.05) is 41.9 Å². The second-order valence-electron chi connectivity index (χ2n) is 9.22. The predicted molar refractivity (Wildman–Crippen MR) is 131 cm³/mol. The first kappa shape index (κ1) is 23.8. The van der Waals surface area contributed by atoms with Gasteiger partial charge in [0.15, 0.2) is 5.78 Å². The number of aromatic nitrogens is 1. The number of halogens is 1. The fourth-order valence-electron chi connectivity index (χ4n) is 4.37. The molecular formula is C26H27ClN2O5. The molecule has 3 aromatic rings. The molecule has 0 saturated heterocycles. The standard InChI is InChI=1S/C26H27ClN2O5/c1-5-33-24(31)16-12-28-18-11-17(27)22-19(15(13-29-22)25(32)34-26(2,3)4)21(18)20(16)23(30)14-9-7-6-8-10-14/h6-11,13,16,20,28-29H,5,12H2,1-4H3. The van der Waals surface area contributed by atoms with Crippen molar-refractivity contribution >= 4 is 45.9 Å². The molecule has 0 bridgehead atoms. The first-order valence-electron chi connectivity index (χ1n) is 11.2. The van der Waals surface area contributed by atoms with E-state index in [1.165, 1.54) is 6.20 Å². The van der Waals surface area contributed by atoms with Gasteiger partial charge < -0.3 is 19.8 Å². The molecule has 0 radical (unpaired) electrons. The molecule has 1 aliphatic heterocycles. The van der Waals surface area contributed by atoms with E-state index < -0.39 is 29.4 Å². The number of anilines is 1. The van der Waals surface area contributed by atoms with Crippen molar-refractivity contribution in [2.24, 2.45) is 5.92 Å². The molecule has 2 atom stereocenters. The Kier molecular flexibility index (Phi) is 6.41. The highest BCUT2D eigenvalue weighted by molar-refractivity contribution is 6.36. The van der Waals surface area contributed by atoms with Gasteiger partial charge in [-0.25, -0.2) is 4.79 Å². The second kappa shape index (κ2) is 9.14. The van der Waals surface area contributed by atoms with E-state index in [-0.39, 0.29) is 24.5 Å². The van der Waals surface area contributed by atoms with E-state index in [2.05, 4.69) is 10.3 Å². The quantitative estimate of drug-likeness (QED) is 0.376. The van der Waals surface area contributed by atoms with Crippen molar-refractivity contribution < 1.29 is 23.9 Å². The Morgan fingerprint density at radius 1 is 1.15 bits per heavy atom. The summed E-state index contributed by atoms with van der Waals surface area (Å²) in [7, 11) is 0. The van der Waals surface area contributed by atoms with Gasteiger partial charge >= 0.3 is 11.9 Å². The maximum atomic E-state index is 13.8. The molecule has 4 rings (SSSR count). The van der Waals surface area contributed by atoms with Crippen LogP contribution >= 0.6 is 11.6 Å². The summed E-state index contributed by atoms with van der Waals surface area (Å²) >= 11 is 6.54. The van der Waals surface area contributed by atoms with Crippen LogP contribution in [0.15, 0.2) is 42.6 Å². The van der Waals surface area contributed by atoms with Gasteiger partial charge in [-0.3, -0.25) is 9.59 Å². The van der Waals surface area contributed by atoms with Crippen molar-refractivity contribution in [3.8, 4) is 0 Å². The van der Waals surface area contributed by atoms with Crippen LogP contribution in [0.3, 0.4) is 0 Å². The Labute approximate surface area is 202 Å². The molecule has 34 heavy (non-hydrogen) atoms. The third-order valence-corrected chi connectivity index (χ3v) is 6.02. The van der Waals surface area contributed by atoms with Crippen LogP contribution in [0.2, 0.25) is 5.02 Å². The highest BCUT2D eigenvalue weighted by Crippen LogP contribution is 2.46. The fraction of sp³-hybridized carbons (Fsp3) is 0.346. The van der Waals surface area contributed by atoms with Gasteiger partial charge in [0.2, 0.25) is 0 Å². The summed E-state index contributed by atoms with van der Waals surface area (Å²) in [5, 5.41) is 4.07. The number of carbonyl (C=O) groups excluding carboxylic acids is 3. The number of esters is 2. The average molecular weight is 483 g/mol. The van der Waals surface area contributed by atoms with Crippen LogP contribution in [0.5, 0.6) is 0 Å². The highest BCUT2D eigenvalue weighted by Gasteiger charge is 2.43. The monoisotopic (exact) mass is 482 g/mol. The minimum atomic E-state index is -0.880. The molecule has 0 saturated carbocycles. The van der Waals surface area contributed by atoms with E-state index >= 15 is 0 Å². The number of ketones is 1. The molecule has 2 N–H and O–H groups in total. The lowest BCUT2D eigenvalue weighted by Crippen LogP contribution is -2.39. The molecule has 2 heterocycles.